The van der Waals surface area contributed by atoms with Crippen molar-refractivity contribution in [2.75, 3.05) is 13.1 Å². The zero-order chi connectivity index (χ0) is 16.8. The third kappa shape index (κ3) is 9.58. The highest BCUT2D eigenvalue weighted by molar-refractivity contribution is 5.91. The lowest BCUT2D eigenvalue weighted by Crippen LogP contribution is -2.57. The van der Waals surface area contributed by atoms with Gasteiger partial charge in [0.25, 0.3) is 0 Å². The fourth-order valence-corrected chi connectivity index (χ4v) is 1.64. The van der Waals surface area contributed by atoms with E-state index in [0.717, 1.165) is 0 Å². The molecule has 0 heterocycles. The van der Waals surface area contributed by atoms with E-state index in [1.807, 2.05) is 55.4 Å². The maximum Gasteiger partial charge on any atom is 0.238 e. The second kappa shape index (κ2) is 7.90. The SMILES string of the molecule is CC(C)NCC(NC(C)(C)C)C(=O)NCC(=O)C(C)(C)C. The summed E-state index contributed by atoms with van der Waals surface area (Å²) in [6, 6.07) is -0.0570. The summed E-state index contributed by atoms with van der Waals surface area (Å²) in [5, 5.41) is 9.29. The van der Waals surface area contributed by atoms with E-state index in [1.165, 1.54) is 0 Å². The van der Waals surface area contributed by atoms with Gasteiger partial charge in [0.1, 0.15) is 0 Å². The number of amides is 1. The summed E-state index contributed by atoms with van der Waals surface area (Å²) in [7, 11) is 0. The topological polar surface area (TPSA) is 70.2 Å². The molecule has 0 aromatic rings. The normalized spacial score (nSPS) is 14.1. The highest BCUT2D eigenvalue weighted by Gasteiger charge is 2.26. The quantitative estimate of drug-likeness (QED) is 0.666. The maximum atomic E-state index is 12.3. The third-order valence-corrected chi connectivity index (χ3v) is 2.91. The van der Waals surface area contributed by atoms with Crippen LogP contribution in [-0.2, 0) is 9.59 Å². The summed E-state index contributed by atoms with van der Waals surface area (Å²) in [6.45, 7) is 16.3. The molecular formula is C16H33N3O2. The Labute approximate surface area is 129 Å². The lowest BCUT2D eigenvalue weighted by molar-refractivity contribution is -0.130. The number of ketones is 1. The molecule has 0 aromatic heterocycles. The second-order valence-electron chi connectivity index (χ2n) is 7.90. The molecule has 0 aromatic carbocycles. The van der Waals surface area contributed by atoms with E-state index in [4.69, 9.17) is 0 Å². The summed E-state index contributed by atoms with van der Waals surface area (Å²) >= 11 is 0. The van der Waals surface area contributed by atoms with Gasteiger partial charge in [-0.1, -0.05) is 34.6 Å². The predicted octanol–water partition coefficient (Wildman–Crippen LogP) is 1.47. The molecule has 0 saturated heterocycles. The molecule has 3 N–H and O–H groups in total. The first-order valence-corrected chi connectivity index (χ1v) is 7.65. The minimum atomic E-state index is -0.434. The van der Waals surface area contributed by atoms with Crippen LogP contribution in [0.15, 0.2) is 0 Å². The van der Waals surface area contributed by atoms with Crippen molar-refractivity contribution in [1.29, 1.82) is 0 Å². The summed E-state index contributed by atoms with van der Waals surface area (Å²) in [5.74, 6) is -0.113. The van der Waals surface area contributed by atoms with Gasteiger partial charge < -0.3 is 16.0 Å². The average Bonchev–Trinajstić information content (AvgIpc) is 2.28. The smallest absolute Gasteiger partial charge is 0.238 e. The second-order valence-corrected chi connectivity index (χ2v) is 7.90. The van der Waals surface area contributed by atoms with E-state index in [1.54, 1.807) is 0 Å². The molecule has 0 rings (SSSR count). The molecule has 1 unspecified atom stereocenters. The summed E-state index contributed by atoms with van der Waals surface area (Å²) in [6.07, 6.45) is 0. The molecule has 0 bridgehead atoms. The van der Waals surface area contributed by atoms with Gasteiger partial charge in [0.2, 0.25) is 5.91 Å². The third-order valence-electron chi connectivity index (χ3n) is 2.91. The highest BCUT2D eigenvalue weighted by Crippen LogP contribution is 2.13. The van der Waals surface area contributed by atoms with Gasteiger partial charge in [-0.2, -0.15) is 0 Å². The van der Waals surface area contributed by atoms with Gasteiger partial charge in [0, 0.05) is 23.5 Å². The van der Waals surface area contributed by atoms with Gasteiger partial charge in [-0.3, -0.25) is 9.59 Å². The van der Waals surface area contributed by atoms with Gasteiger partial charge in [0.15, 0.2) is 5.78 Å². The van der Waals surface area contributed by atoms with Crippen LogP contribution in [0.3, 0.4) is 0 Å². The number of Topliss-reactive ketones (excluding diaryl/α,β-unsaturated/α-hetero) is 1. The van der Waals surface area contributed by atoms with E-state index in [0.29, 0.717) is 12.6 Å². The Kier molecular flexibility index (Phi) is 7.54. The zero-order valence-corrected chi connectivity index (χ0v) is 14.9. The van der Waals surface area contributed by atoms with Crippen LogP contribution in [-0.4, -0.2) is 42.4 Å². The van der Waals surface area contributed by atoms with Crippen molar-refractivity contribution in [1.82, 2.24) is 16.0 Å². The molecule has 0 aliphatic carbocycles. The van der Waals surface area contributed by atoms with Gasteiger partial charge in [-0.15, -0.1) is 0 Å². The molecule has 0 fully saturated rings. The van der Waals surface area contributed by atoms with E-state index in [2.05, 4.69) is 16.0 Å². The van der Waals surface area contributed by atoms with Crippen LogP contribution >= 0.6 is 0 Å². The first-order chi connectivity index (χ1) is 9.33. The number of nitrogens with one attached hydrogen (secondary N) is 3. The minimum absolute atomic E-state index is 0.0298. The first kappa shape index (κ1) is 20.1. The van der Waals surface area contributed by atoms with Crippen molar-refractivity contribution >= 4 is 11.7 Å². The van der Waals surface area contributed by atoms with E-state index < -0.39 is 5.41 Å². The van der Waals surface area contributed by atoms with Crippen molar-refractivity contribution in [3.8, 4) is 0 Å². The van der Waals surface area contributed by atoms with Crippen LogP contribution in [0.2, 0.25) is 0 Å². The Bertz CT molecular complexity index is 352. The Morgan fingerprint density at radius 1 is 1.00 bits per heavy atom. The molecule has 5 nitrogen and oxygen atoms in total. The summed E-state index contributed by atoms with van der Waals surface area (Å²) in [5.41, 5.74) is -0.606. The molecule has 5 heteroatoms. The van der Waals surface area contributed by atoms with Crippen LogP contribution in [0.1, 0.15) is 55.4 Å². The lowest BCUT2D eigenvalue weighted by atomic mass is 9.91. The van der Waals surface area contributed by atoms with E-state index >= 15 is 0 Å². The van der Waals surface area contributed by atoms with Gasteiger partial charge in [-0.25, -0.2) is 0 Å². The standard InChI is InChI=1S/C16H33N3O2/c1-11(2)17-9-12(19-16(6,7)8)14(21)18-10-13(20)15(3,4)5/h11-12,17,19H,9-10H2,1-8H3,(H,18,21). The van der Waals surface area contributed by atoms with Crippen LogP contribution in [0.4, 0.5) is 0 Å². The Morgan fingerprint density at radius 3 is 1.90 bits per heavy atom. The van der Waals surface area contributed by atoms with Gasteiger partial charge >= 0.3 is 0 Å². The van der Waals surface area contributed by atoms with Crippen molar-refractivity contribution in [2.24, 2.45) is 5.41 Å². The highest BCUT2D eigenvalue weighted by atomic mass is 16.2. The van der Waals surface area contributed by atoms with Gasteiger partial charge in [0.05, 0.1) is 12.6 Å². The molecule has 1 amide bonds. The van der Waals surface area contributed by atoms with Gasteiger partial charge in [-0.05, 0) is 20.8 Å². The van der Waals surface area contributed by atoms with Crippen molar-refractivity contribution in [3.05, 3.63) is 0 Å². The zero-order valence-electron chi connectivity index (χ0n) is 14.9. The molecule has 0 radical (unpaired) electrons. The fourth-order valence-electron chi connectivity index (χ4n) is 1.64. The van der Waals surface area contributed by atoms with Crippen molar-refractivity contribution in [3.63, 3.8) is 0 Å². The van der Waals surface area contributed by atoms with E-state index in [-0.39, 0.29) is 29.8 Å². The van der Waals surface area contributed by atoms with Crippen molar-refractivity contribution < 1.29 is 9.59 Å². The number of hydrogen-bond donors (Lipinski definition) is 3. The minimum Gasteiger partial charge on any atom is -0.348 e. The summed E-state index contributed by atoms with van der Waals surface area (Å²) in [4.78, 5) is 24.2. The molecule has 0 aliphatic heterocycles. The lowest BCUT2D eigenvalue weighted by Gasteiger charge is -2.29. The predicted molar refractivity (Wildman–Crippen MR) is 87.3 cm³/mol. The maximum absolute atomic E-state index is 12.3. The van der Waals surface area contributed by atoms with Crippen LogP contribution < -0.4 is 16.0 Å². The Hall–Kier alpha value is -0.940. The largest absolute Gasteiger partial charge is 0.348 e. The molecule has 0 saturated carbocycles. The molecule has 124 valence electrons. The molecule has 1 atom stereocenters. The number of hydrogen-bond acceptors (Lipinski definition) is 4. The molecule has 0 aliphatic rings. The molecular weight excluding hydrogens is 266 g/mol. The molecule has 0 spiro atoms. The summed E-state index contributed by atoms with van der Waals surface area (Å²) < 4.78 is 0. The Morgan fingerprint density at radius 2 is 1.52 bits per heavy atom. The van der Waals surface area contributed by atoms with Crippen LogP contribution in [0.5, 0.6) is 0 Å². The number of rotatable bonds is 7. The van der Waals surface area contributed by atoms with Crippen LogP contribution in [0.25, 0.3) is 0 Å². The van der Waals surface area contributed by atoms with Crippen LogP contribution in [0, 0.1) is 5.41 Å². The number of carbonyl (C=O) groups excluding carboxylic acids is 2. The van der Waals surface area contributed by atoms with E-state index in [9.17, 15) is 9.59 Å². The Balaban J connectivity index is 4.60. The average molecular weight is 299 g/mol. The monoisotopic (exact) mass is 299 g/mol. The van der Waals surface area contributed by atoms with Crippen molar-refractivity contribution in [2.45, 2.75) is 73.0 Å². The number of carbonyl (C=O) groups is 2. The first-order valence-electron chi connectivity index (χ1n) is 7.65. The molecule has 21 heavy (non-hydrogen) atoms. The fraction of sp³-hybridized carbons (Fsp3) is 0.875.